The van der Waals surface area contributed by atoms with Crippen molar-refractivity contribution in [3.05, 3.63) is 11.1 Å². The van der Waals surface area contributed by atoms with Crippen molar-refractivity contribution < 1.29 is 23.9 Å². The van der Waals surface area contributed by atoms with Gasteiger partial charge in [-0.2, -0.15) is 0 Å². The third kappa shape index (κ3) is 5.60. The zero-order chi connectivity index (χ0) is 23.5. The highest BCUT2D eigenvalue weighted by Crippen LogP contribution is 2.33. The van der Waals surface area contributed by atoms with Gasteiger partial charge in [0.05, 0.1) is 25.3 Å². The number of nitrogens with zero attached hydrogens (tertiary/aromatic N) is 3. The Balaban J connectivity index is 1.10. The first-order chi connectivity index (χ1) is 16.5. The fourth-order valence-electron chi connectivity index (χ4n) is 5.27. The first-order valence-corrected chi connectivity index (χ1v) is 13.5. The van der Waals surface area contributed by atoms with Gasteiger partial charge in [0.25, 0.3) is 0 Å². The average Bonchev–Trinajstić information content (AvgIpc) is 3.45. The quantitative estimate of drug-likeness (QED) is 0.631. The van der Waals surface area contributed by atoms with Gasteiger partial charge in [0.1, 0.15) is 6.54 Å². The Morgan fingerprint density at radius 2 is 1.79 bits per heavy atom. The van der Waals surface area contributed by atoms with Crippen LogP contribution in [0.2, 0.25) is 0 Å². The van der Waals surface area contributed by atoms with Gasteiger partial charge >= 0.3 is 0 Å². The second kappa shape index (κ2) is 10.3. The summed E-state index contributed by atoms with van der Waals surface area (Å²) in [5.41, 5.74) is 0.649. The van der Waals surface area contributed by atoms with Crippen LogP contribution in [0.3, 0.4) is 0 Å². The van der Waals surface area contributed by atoms with Gasteiger partial charge in [-0.15, -0.1) is 11.3 Å². The van der Waals surface area contributed by atoms with Crippen molar-refractivity contribution in [1.82, 2.24) is 14.8 Å². The van der Waals surface area contributed by atoms with Crippen LogP contribution in [0.1, 0.15) is 63.5 Å². The second-order valence-electron chi connectivity index (χ2n) is 9.89. The van der Waals surface area contributed by atoms with Crippen LogP contribution in [0.5, 0.6) is 0 Å². The minimum atomic E-state index is -0.498. The summed E-state index contributed by atoms with van der Waals surface area (Å²) in [6.45, 7) is 2.54. The van der Waals surface area contributed by atoms with E-state index in [0.29, 0.717) is 50.0 Å². The smallest absolute Gasteiger partial charge is 0.245 e. The largest absolute Gasteiger partial charge is 0.347 e. The van der Waals surface area contributed by atoms with Crippen LogP contribution in [0, 0.1) is 5.92 Å². The highest BCUT2D eigenvalue weighted by atomic mass is 32.1. The van der Waals surface area contributed by atoms with Crippen molar-refractivity contribution in [3.63, 3.8) is 0 Å². The maximum absolute atomic E-state index is 13.0. The molecular formula is C24H34N4O5S. The molecule has 3 heterocycles. The molecule has 9 nitrogen and oxygen atoms in total. The molecule has 34 heavy (non-hydrogen) atoms. The fraction of sp³-hybridized carbons (Fsp3) is 0.750. The summed E-state index contributed by atoms with van der Waals surface area (Å²) in [6.07, 6.45) is 8.80. The molecule has 0 atom stereocenters. The van der Waals surface area contributed by atoms with Gasteiger partial charge < -0.3 is 24.6 Å². The van der Waals surface area contributed by atoms with E-state index in [1.165, 1.54) is 17.8 Å². The molecular weight excluding hydrogens is 456 g/mol. The summed E-state index contributed by atoms with van der Waals surface area (Å²) >= 11 is 1.31. The van der Waals surface area contributed by atoms with Gasteiger partial charge in [-0.25, -0.2) is 4.98 Å². The molecule has 4 fully saturated rings. The number of likely N-dealkylation sites (tertiary alicyclic amines) is 1. The van der Waals surface area contributed by atoms with E-state index in [-0.39, 0.29) is 42.6 Å². The lowest BCUT2D eigenvalue weighted by Gasteiger charge is -2.37. The molecule has 186 valence electrons. The summed E-state index contributed by atoms with van der Waals surface area (Å²) < 4.78 is 11.5. The Bertz CT molecular complexity index is 895. The van der Waals surface area contributed by atoms with E-state index in [9.17, 15) is 14.4 Å². The van der Waals surface area contributed by atoms with Gasteiger partial charge in [0, 0.05) is 43.3 Å². The Labute approximate surface area is 204 Å². The number of aromatic nitrogens is 1. The molecule has 4 aliphatic rings. The van der Waals surface area contributed by atoms with Crippen LogP contribution in [-0.4, -0.2) is 77.2 Å². The number of amides is 3. The van der Waals surface area contributed by atoms with Crippen LogP contribution < -0.4 is 5.32 Å². The van der Waals surface area contributed by atoms with Gasteiger partial charge in [-0.05, 0) is 25.7 Å². The van der Waals surface area contributed by atoms with Crippen LogP contribution in [0.25, 0.3) is 0 Å². The predicted octanol–water partition coefficient (Wildman–Crippen LogP) is 2.56. The molecule has 0 unspecified atom stereocenters. The summed E-state index contributed by atoms with van der Waals surface area (Å²) in [5.74, 6) is -0.493. The monoisotopic (exact) mass is 490 g/mol. The summed E-state index contributed by atoms with van der Waals surface area (Å²) in [4.78, 5) is 46.5. The molecule has 0 bridgehead atoms. The molecule has 1 N–H and O–H groups in total. The average molecular weight is 491 g/mol. The van der Waals surface area contributed by atoms with E-state index in [2.05, 4.69) is 10.3 Å². The fourth-order valence-corrected chi connectivity index (χ4v) is 5.99. The molecule has 5 rings (SSSR count). The lowest BCUT2D eigenvalue weighted by atomic mass is 9.88. The highest BCUT2D eigenvalue weighted by Gasteiger charge is 2.41. The van der Waals surface area contributed by atoms with E-state index >= 15 is 0 Å². The third-order valence-electron chi connectivity index (χ3n) is 7.36. The normalized spacial score (nSPS) is 22.6. The topological polar surface area (TPSA) is 101 Å². The van der Waals surface area contributed by atoms with Crippen molar-refractivity contribution in [2.45, 2.75) is 76.0 Å². The number of hydrogen-bond donors (Lipinski definition) is 1. The molecule has 1 aromatic heterocycles. The lowest BCUT2D eigenvalue weighted by molar-refractivity contribution is -0.187. The van der Waals surface area contributed by atoms with Crippen LogP contribution in [0.4, 0.5) is 5.13 Å². The Morgan fingerprint density at radius 3 is 2.47 bits per heavy atom. The minimum absolute atomic E-state index is 0.0222. The van der Waals surface area contributed by atoms with E-state index in [1.54, 1.807) is 4.90 Å². The summed E-state index contributed by atoms with van der Waals surface area (Å²) in [6, 6.07) is 0.202. The number of carbonyl (C=O) groups is 3. The molecule has 2 aliphatic carbocycles. The number of carbonyl (C=O) groups excluding carboxylic acids is 3. The molecule has 2 saturated heterocycles. The minimum Gasteiger partial charge on any atom is -0.347 e. The number of nitrogens with one attached hydrogen (secondary N) is 1. The second-order valence-corrected chi connectivity index (χ2v) is 10.7. The van der Waals surface area contributed by atoms with Gasteiger partial charge in [-0.3, -0.25) is 14.4 Å². The zero-order valence-electron chi connectivity index (χ0n) is 19.6. The first kappa shape index (κ1) is 23.7. The molecule has 0 radical (unpaired) electrons. The van der Waals surface area contributed by atoms with E-state index in [1.807, 2.05) is 10.3 Å². The van der Waals surface area contributed by atoms with Gasteiger partial charge in [-0.1, -0.05) is 19.3 Å². The predicted molar refractivity (Wildman–Crippen MR) is 126 cm³/mol. The zero-order valence-corrected chi connectivity index (χ0v) is 20.4. The van der Waals surface area contributed by atoms with Crippen molar-refractivity contribution >= 4 is 34.2 Å². The maximum Gasteiger partial charge on any atom is 0.245 e. The molecule has 2 aliphatic heterocycles. The number of piperidine rings is 1. The lowest BCUT2D eigenvalue weighted by Crippen LogP contribution is -2.47. The van der Waals surface area contributed by atoms with Crippen molar-refractivity contribution in [3.8, 4) is 0 Å². The number of anilines is 1. The highest BCUT2D eigenvalue weighted by molar-refractivity contribution is 7.13. The Hall–Kier alpha value is -2.04. The van der Waals surface area contributed by atoms with E-state index < -0.39 is 5.79 Å². The molecule has 10 heteroatoms. The van der Waals surface area contributed by atoms with Crippen LogP contribution >= 0.6 is 11.3 Å². The van der Waals surface area contributed by atoms with Gasteiger partial charge in [0.2, 0.25) is 17.7 Å². The van der Waals surface area contributed by atoms with Crippen molar-refractivity contribution in [2.24, 2.45) is 5.92 Å². The standard InChI is InChI=1S/C24H34N4O5S/c29-20(15-28(19-6-7-19)22(31)17-4-2-1-3-5-17)26-23-25-18(16-34-23)14-21(30)27-10-8-24(9-11-27)32-12-13-33-24/h16-17,19H,1-15H2,(H,25,26,29). The number of thiazole rings is 1. The third-order valence-corrected chi connectivity index (χ3v) is 8.17. The number of ether oxygens (including phenoxy) is 2. The summed E-state index contributed by atoms with van der Waals surface area (Å²) in [7, 11) is 0. The van der Waals surface area contributed by atoms with Crippen LogP contribution in [0.15, 0.2) is 5.38 Å². The molecule has 2 saturated carbocycles. The van der Waals surface area contributed by atoms with Crippen molar-refractivity contribution in [2.75, 3.05) is 38.2 Å². The summed E-state index contributed by atoms with van der Waals surface area (Å²) in [5, 5.41) is 5.12. The number of hydrogen-bond acceptors (Lipinski definition) is 7. The Kier molecular flexibility index (Phi) is 7.17. The first-order valence-electron chi connectivity index (χ1n) is 12.6. The molecule has 1 spiro atoms. The SMILES string of the molecule is O=C(CN(C(=O)C1CCCCC1)C1CC1)Nc1nc(CC(=O)N2CCC3(CC2)OCCO3)cs1. The van der Waals surface area contributed by atoms with E-state index in [0.717, 1.165) is 38.5 Å². The number of rotatable bonds is 7. The van der Waals surface area contributed by atoms with Crippen LogP contribution in [-0.2, 0) is 30.3 Å². The molecule has 3 amide bonds. The Morgan fingerprint density at radius 1 is 1.09 bits per heavy atom. The van der Waals surface area contributed by atoms with Crippen molar-refractivity contribution in [1.29, 1.82) is 0 Å². The molecule has 1 aromatic rings. The van der Waals surface area contributed by atoms with E-state index in [4.69, 9.17) is 9.47 Å². The molecule has 0 aromatic carbocycles. The maximum atomic E-state index is 13.0. The van der Waals surface area contributed by atoms with Gasteiger partial charge in [0.15, 0.2) is 10.9 Å².